The van der Waals surface area contributed by atoms with Crippen molar-refractivity contribution < 1.29 is 27.1 Å². The van der Waals surface area contributed by atoms with Gasteiger partial charge in [-0.1, -0.05) is 29.8 Å². The molecule has 0 radical (unpaired) electrons. The van der Waals surface area contributed by atoms with Crippen molar-refractivity contribution in [3.63, 3.8) is 0 Å². The lowest BCUT2D eigenvalue weighted by molar-refractivity contribution is -0.141. The van der Waals surface area contributed by atoms with Gasteiger partial charge in [-0.05, 0) is 56.4 Å². The van der Waals surface area contributed by atoms with E-state index in [1.807, 2.05) is 32.0 Å². The zero-order chi connectivity index (χ0) is 24.5. The molecule has 0 spiro atoms. The number of furan rings is 1. The summed E-state index contributed by atoms with van der Waals surface area (Å²) in [5.41, 5.74) is 1.40. The van der Waals surface area contributed by atoms with E-state index in [2.05, 4.69) is 10.4 Å². The summed E-state index contributed by atoms with van der Waals surface area (Å²) >= 11 is 5.98. The Morgan fingerprint density at radius 2 is 1.94 bits per heavy atom. The molecule has 34 heavy (non-hydrogen) atoms. The van der Waals surface area contributed by atoms with Crippen LogP contribution in [0.15, 0.2) is 34.7 Å². The van der Waals surface area contributed by atoms with Crippen LogP contribution >= 0.6 is 11.6 Å². The van der Waals surface area contributed by atoms with E-state index in [4.69, 9.17) is 20.8 Å². The van der Waals surface area contributed by atoms with Crippen LogP contribution in [0.2, 0.25) is 5.02 Å². The average molecular weight is 496 g/mol. The van der Waals surface area contributed by atoms with Crippen LogP contribution in [0.25, 0.3) is 0 Å². The van der Waals surface area contributed by atoms with Gasteiger partial charge in [0.2, 0.25) is 0 Å². The third-order valence-electron chi connectivity index (χ3n) is 5.65. The lowest BCUT2D eigenvalue weighted by Gasteiger charge is -2.10. The predicted octanol–water partition coefficient (Wildman–Crippen LogP) is 6.04. The molecule has 1 aliphatic carbocycles. The molecule has 1 fully saturated rings. The second kappa shape index (κ2) is 9.74. The summed E-state index contributed by atoms with van der Waals surface area (Å²) in [6.45, 7) is 4.56. The van der Waals surface area contributed by atoms with Crippen LogP contribution < -0.4 is 10.1 Å². The molecule has 3 aromatic rings. The Kier molecular flexibility index (Phi) is 6.93. The van der Waals surface area contributed by atoms with Gasteiger partial charge >= 0.3 is 6.18 Å². The highest BCUT2D eigenvalue weighted by Crippen LogP contribution is 2.46. The maximum Gasteiger partial charge on any atom is 0.436 e. The summed E-state index contributed by atoms with van der Waals surface area (Å²) in [5.74, 6) is 1.03. The summed E-state index contributed by atoms with van der Waals surface area (Å²) in [5, 5.41) is 6.10. The number of halogens is 4. The van der Waals surface area contributed by atoms with Gasteiger partial charge in [0.05, 0.1) is 10.7 Å². The van der Waals surface area contributed by atoms with Crippen molar-refractivity contribution in [2.75, 3.05) is 6.54 Å². The maximum atomic E-state index is 13.2. The van der Waals surface area contributed by atoms with Crippen LogP contribution in [0.1, 0.15) is 64.0 Å². The standard InChI is InChI=1S/C24H25ClF3N3O3/c1-14-5-3-6-15(2)21(14)33-13-17-9-10-18(34-17)23(32)29-11-4-12-31-20(16-7-8-16)19(25)22(30-31)24(26,27)28/h3,5-6,9-10,16H,4,7-8,11-13H2,1-2H3,(H,29,32). The van der Waals surface area contributed by atoms with Crippen molar-refractivity contribution in [2.24, 2.45) is 0 Å². The molecule has 0 bridgehead atoms. The zero-order valence-corrected chi connectivity index (χ0v) is 19.6. The first kappa shape index (κ1) is 24.2. The number of aryl methyl sites for hydroxylation is 3. The molecule has 0 atom stereocenters. The van der Waals surface area contributed by atoms with Gasteiger partial charge in [0, 0.05) is 19.0 Å². The number of para-hydroxylation sites is 1. The van der Waals surface area contributed by atoms with Crippen LogP contribution in [-0.2, 0) is 19.3 Å². The number of carbonyl (C=O) groups excluding carboxylic acids is 1. The van der Waals surface area contributed by atoms with Gasteiger partial charge in [-0.2, -0.15) is 18.3 Å². The molecule has 2 heterocycles. The SMILES string of the molecule is Cc1cccc(C)c1OCc1ccc(C(=O)NCCCn2nc(C(F)(F)F)c(Cl)c2C2CC2)o1. The lowest BCUT2D eigenvalue weighted by atomic mass is 10.1. The highest BCUT2D eigenvalue weighted by Gasteiger charge is 2.41. The molecule has 6 nitrogen and oxygen atoms in total. The largest absolute Gasteiger partial charge is 0.485 e. The predicted molar refractivity (Wildman–Crippen MR) is 120 cm³/mol. The molecular formula is C24H25ClF3N3O3. The van der Waals surface area contributed by atoms with Gasteiger partial charge < -0.3 is 14.5 Å². The number of alkyl halides is 3. The second-order valence-corrected chi connectivity index (χ2v) is 8.81. The fraction of sp³-hybridized carbons (Fsp3) is 0.417. The van der Waals surface area contributed by atoms with E-state index in [1.165, 1.54) is 4.68 Å². The summed E-state index contributed by atoms with van der Waals surface area (Å²) in [6.07, 6.45) is -2.61. The van der Waals surface area contributed by atoms with Crippen molar-refractivity contribution in [3.8, 4) is 5.75 Å². The number of hydrogen-bond donors (Lipinski definition) is 1. The van der Waals surface area contributed by atoms with E-state index in [9.17, 15) is 18.0 Å². The first-order valence-corrected chi connectivity index (χ1v) is 11.4. The molecule has 1 aliphatic rings. The van der Waals surface area contributed by atoms with Crippen LogP contribution in [0.4, 0.5) is 13.2 Å². The molecule has 1 amide bonds. The summed E-state index contributed by atoms with van der Waals surface area (Å²) in [7, 11) is 0. The third kappa shape index (κ3) is 5.41. The Balaban J connectivity index is 1.29. The molecule has 1 N–H and O–H groups in total. The summed E-state index contributed by atoms with van der Waals surface area (Å²) in [4.78, 5) is 12.4. The number of amides is 1. The Labute approximate surface area is 200 Å². The topological polar surface area (TPSA) is 69.3 Å². The fourth-order valence-corrected chi connectivity index (χ4v) is 4.21. The van der Waals surface area contributed by atoms with E-state index < -0.39 is 17.8 Å². The van der Waals surface area contributed by atoms with Crippen molar-refractivity contribution in [3.05, 3.63) is 69.4 Å². The molecule has 1 saturated carbocycles. The average Bonchev–Trinajstić information content (AvgIpc) is 3.38. The number of nitrogens with zero attached hydrogens (tertiary/aromatic N) is 2. The summed E-state index contributed by atoms with van der Waals surface area (Å²) in [6, 6.07) is 9.10. The quantitative estimate of drug-likeness (QED) is 0.367. The molecule has 4 rings (SSSR count). The van der Waals surface area contributed by atoms with E-state index >= 15 is 0 Å². The number of nitrogens with one attached hydrogen (secondary N) is 1. The summed E-state index contributed by atoms with van der Waals surface area (Å²) < 4.78 is 52.2. The van der Waals surface area contributed by atoms with Crippen molar-refractivity contribution >= 4 is 17.5 Å². The minimum Gasteiger partial charge on any atom is -0.485 e. The number of rotatable bonds is 9. The monoisotopic (exact) mass is 495 g/mol. The molecule has 182 valence electrons. The van der Waals surface area contributed by atoms with Gasteiger partial charge in [-0.3, -0.25) is 9.48 Å². The first-order valence-electron chi connectivity index (χ1n) is 11.0. The number of benzene rings is 1. The van der Waals surface area contributed by atoms with E-state index in [-0.39, 0.29) is 36.4 Å². The molecule has 10 heteroatoms. The Hall–Kier alpha value is -2.94. The number of hydrogen-bond acceptors (Lipinski definition) is 4. The zero-order valence-electron chi connectivity index (χ0n) is 18.8. The van der Waals surface area contributed by atoms with E-state index in [1.54, 1.807) is 12.1 Å². The molecule has 2 aromatic heterocycles. The second-order valence-electron chi connectivity index (χ2n) is 8.43. The van der Waals surface area contributed by atoms with Crippen molar-refractivity contribution in [2.45, 2.75) is 58.4 Å². The number of carbonyl (C=O) groups is 1. The van der Waals surface area contributed by atoms with Crippen LogP contribution in [0.3, 0.4) is 0 Å². The van der Waals surface area contributed by atoms with Crippen molar-refractivity contribution in [1.29, 1.82) is 0 Å². The normalized spacial score (nSPS) is 13.8. The van der Waals surface area contributed by atoms with Crippen LogP contribution in [-0.4, -0.2) is 22.2 Å². The van der Waals surface area contributed by atoms with Gasteiger partial charge in [-0.25, -0.2) is 0 Å². The molecule has 0 unspecified atom stereocenters. The lowest BCUT2D eigenvalue weighted by Crippen LogP contribution is -2.25. The van der Waals surface area contributed by atoms with Crippen LogP contribution in [0, 0.1) is 13.8 Å². The molecule has 1 aromatic carbocycles. The number of aromatic nitrogens is 2. The third-order valence-corrected chi connectivity index (χ3v) is 6.02. The highest BCUT2D eigenvalue weighted by molar-refractivity contribution is 6.32. The number of ether oxygens (including phenoxy) is 1. The molecule has 0 saturated heterocycles. The van der Waals surface area contributed by atoms with E-state index in [0.29, 0.717) is 17.9 Å². The minimum atomic E-state index is -4.60. The van der Waals surface area contributed by atoms with Gasteiger partial charge in [0.1, 0.15) is 18.1 Å². The van der Waals surface area contributed by atoms with Gasteiger partial charge in [0.15, 0.2) is 11.5 Å². The van der Waals surface area contributed by atoms with Crippen LogP contribution in [0.5, 0.6) is 5.75 Å². The molecule has 0 aliphatic heterocycles. The van der Waals surface area contributed by atoms with Gasteiger partial charge in [0.25, 0.3) is 5.91 Å². The smallest absolute Gasteiger partial charge is 0.436 e. The van der Waals surface area contributed by atoms with Crippen molar-refractivity contribution in [1.82, 2.24) is 15.1 Å². The first-order chi connectivity index (χ1) is 16.1. The highest BCUT2D eigenvalue weighted by atomic mass is 35.5. The minimum absolute atomic E-state index is 0.0120. The molecular weight excluding hydrogens is 471 g/mol. The Bertz CT molecular complexity index is 1160. The van der Waals surface area contributed by atoms with E-state index in [0.717, 1.165) is 29.7 Å². The Morgan fingerprint density at radius 1 is 1.24 bits per heavy atom. The fourth-order valence-electron chi connectivity index (χ4n) is 3.82. The van der Waals surface area contributed by atoms with Gasteiger partial charge in [-0.15, -0.1) is 0 Å². The Morgan fingerprint density at radius 3 is 2.59 bits per heavy atom. The maximum absolute atomic E-state index is 13.2.